The van der Waals surface area contributed by atoms with Gasteiger partial charge in [-0.15, -0.1) is 0 Å². The highest BCUT2D eigenvalue weighted by Crippen LogP contribution is 2.43. The maximum absolute atomic E-state index is 13.2. The summed E-state index contributed by atoms with van der Waals surface area (Å²) in [4.78, 5) is 15.4. The minimum absolute atomic E-state index is 0.0611. The molecule has 30 heavy (non-hydrogen) atoms. The molecular weight excluding hydrogens is 417 g/mol. The van der Waals surface area contributed by atoms with Gasteiger partial charge in [-0.3, -0.25) is 4.79 Å². The van der Waals surface area contributed by atoms with Gasteiger partial charge in [-0.05, 0) is 23.8 Å². The summed E-state index contributed by atoms with van der Waals surface area (Å²) in [5.41, 5.74) is 1.59. The van der Waals surface area contributed by atoms with E-state index in [-0.39, 0.29) is 22.9 Å². The highest BCUT2D eigenvalue weighted by Gasteiger charge is 2.37. The van der Waals surface area contributed by atoms with Crippen molar-refractivity contribution in [2.24, 2.45) is 5.10 Å². The second kappa shape index (κ2) is 6.91. The average Bonchev–Trinajstić information content (AvgIpc) is 3.17. The number of anilines is 1. The van der Waals surface area contributed by atoms with Crippen molar-refractivity contribution in [2.75, 3.05) is 11.9 Å². The van der Waals surface area contributed by atoms with Gasteiger partial charge in [0.25, 0.3) is 5.91 Å². The number of nitrogens with zero attached hydrogens (tertiary/aromatic N) is 3. The standard InChI is InChI=1S/C20H13F3N4O2S/c21-20(22,23)15-9-27-19(25-15)30-18(11-4-2-1-3-5-11)17(26-27)12-6-7-14-13(8-12)24-16(28)10-29-14/h1-9,18H,10H2,(H,24,28). The van der Waals surface area contributed by atoms with Gasteiger partial charge in [0.2, 0.25) is 0 Å². The van der Waals surface area contributed by atoms with Crippen molar-refractivity contribution < 1.29 is 22.7 Å². The van der Waals surface area contributed by atoms with Gasteiger partial charge in [-0.1, -0.05) is 42.1 Å². The average molecular weight is 430 g/mol. The number of alkyl halides is 3. The molecule has 1 aromatic heterocycles. The number of rotatable bonds is 2. The summed E-state index contributed by atoms with van der Waals surface area (Å²) >= 11 is 1.19. The predicted molar refractivity (Wildman–Crippen MR) is 105 cm³/mol. The molecule has 3 heterocycles. The van der Waals surface area contributed by atoms with E-state index in [2.05, 4.69) is 15.4 Å². The maximum Gasteiger partial charge on any atom is 0.434 e. The number of carbonyl (C=O) groups is 1. The van der Waals surface area contributed by atoms with Gasteiger partial charge in [-0.2, -0.15) is 18.3 Å². The van der Waals surface area contributed by atoms with Gasteiger partial charge in [0.15, 0.2) is 17.5 Å². The Morgan fingerprint density at radius 1 is 1.17 bits per heavy atom. The quantitative estimate of drug-likeness (QED) is 0.657. The number of hydrogen-bond acceptors (Lipinski definition) is 5. The van der Waals surface area contributed by atoms with Crippen LogP contribution in [-0.4, -0.2) is 27.9 Å². The van der Waals surface area contributed by atoms with E-state index < -0.39 is 11.9 Å². The molecule has 0 aliphatic carbocycles. The van der Waals surface area contributed by atoms with Crippen molar-refractivity contribution in [1.29, 1.82) is 0 Å². The van der Waals surface area contributed by atoms with E-state index in [9.17, 15) is 18.0 Å². The zero-order valence-corrected chi connectivity index (χ0v) is 16.0. The highest BCUT2D eigenvalue weighted by atomic mass is 32.2. The first kappa shape index (κ1) is 18.7. The number of thioether (sulfide) groups is 1. The molecule has 0 saturated heterocycles. The largest absolute Gasteiger partial charge is 0.482 e. The van der Waals surface area contributed by atoms with Crippen LogP contribution in [0.4, 0.5) is 18.9 Å². The molecule has 1 unspecified atom stereocenters. The molecule has 1 amide bonds. The Bertz CT molecular complexity index is 1170. The number of hydrogen-bond donors (Lipinski definition) is 1. The Labute approximate surface area is 172 Å². The van der Waals surface area contributed by atoms with E-state index in [1.165, 1.54) is 11.8 Å². The van der Waals surface area contributed by atoms with Crippen LogP contribution in [0.1, 0.15) is 22.1 Å². The molecule has 1 N–H and O–H groups in total. The van der Waals surface area contributed by atoms with Gasteiger partial charge >= 0.3 is 6.18 Å². The summed E-state index contributed by atoms with van der Waals surface area (Å²) in [6, 6.07) is 14.6. The fraction of sp³-hybridized carbons (Fsp3) is 0.150. The van der Waals surface area contributed by atoms with Gasteiger partial charge in [-0.25, -0.2) is 9.66 Å². The molecule has 2 aliphatic rings. The van der Waals surface area contributed by atoms with Gasteiger partial charge in [0, 0.05) is 5.56 Å². The van der Waals surface area contributed by atoms with Crippen LogP contribution in [0.3, 0.4) is 0 Å². The summed E-state index contributed by atoms with van der Waals surface area (Å²) in [7, 11) is 0. The van der Waals surface area contributed by atoms with Crippen LogP contribution in [0.15, 0.2) is 65.0 Å². The first-order valence-electron chi connectivity index (χ1n) is 8.92. The summed E-state index contributed by atoms with van der Waals surface area (Å²) in [6.45, 7) is -0.0611. The molecule has 2 aromatic carbocycles. The number of halogens is 3. The van der Waals surface area contributed by atoms with Crippen molar-refractivity contribution in [2.45, 2.75) is 16.6 Å². The molecule has 10 heteroatoms. The summed E-state index contributed by atoms with van der Waals surface area (Å²) < 4.78 is 46.0. The van der Waals surface area contributed by atoms with Crippen LogP contribution in [0.2, 0.25) is 0 Å². The molecule has 3 aromatic rings. The third-order valence-corrected chi connectivity index (χ3v) is 5.86. The van der Waals surface area contributed by atoms with Crippen LogP contribution in [0.25, 0.3) is 0 Å². The molecule has 152 valence electrons. The van der Waals surface area contributed by atoms with Crippen LogP contribution in [0, 0.1) is 0 Å². The number of fused-ring (bicyclic) bond motifs is 2. The molecule has 0 saturated carbocycles. The van der Waals surface area contributed by atoms with E-state index in [0.29, 0.717) is 22.7 Å². The molecule has 5 rings (SSSR count). The highest BCUT2D eigenvalue weighted by molar-refractivity contribution is 8.00. The molecular formula is C20H13F3N4O2S. The van der Waals surface area contributed by atoms with Crippen molar-refractivity contribution >= 4 is 29.1 Å². The predicted octanol–water partition coefficient (Wildman–Crippen LogP) is 4.33. The van der Waals surface area contributed by atoms with E-state index in [4.69, 9.17) is 4.74 Å². The molecule has 6 nitrogen and oxygen atoms in total. The Kier molecular flexibility index (Phi) is 4.31. The van der Waals surface area contributed by atoms with Crippen LogP contribution >= 0.6 is 11.8 Å². The van der Waals surface area contributed by atoms with E-state index >= 15 is 0 Å². The van der Waals surface area contributed by atoms with Gasteiger partial charge < -0.3 is 10.1 Å². The lowest BCUT2D eigenvalue weighted by molar-refractivity contribution is -0.141. The lowest BCUT2D eigenvalue weighted by Gasteiger charge is -2.25. The number of benzene rings is 2. The van der Waals surface area contributed by atoms with E-state index in [1.807, 2.05) is 30.3 Å². The second-order valence-electron chi connectivity index (χ2n) is 6.69. The number of ether oxygens (including phenoxy) is 1. The number of imidazole rings is 1. The third kappa shape index (κ3) is 3.32. The topological polar surface area (TPSA) is 68.5 Å². The zero-order valence-electron chi connectivity index (χ0n) is 15.2. The molecule has 2 aliphatic heterocycles. The number of amides is 1. The Morgan fingerprint density at radius 3 is 2.73 bits per heavy atom. The van der Waals surface area contributed by atoms with Crippen LogP contribution in [-0.2, 0) is 11.0 Å². The Balaban J connectivity index is 1.63. The minimum atomic E-state index is -4.56. The maximum atomic E-state index is 13.2. The molecule has 0 bridgehead atoms. The smallest absolute Gasteiger partial charge is 0.434 e. The Morgan fingerprint density at radius 2 is 1.97 bits per heavy atom. The minimum Gasteiger partial charge on any atom is -0.482 e. The van der Waals surface area contributed by atoms with Crippen LogP contribution in [0.5, 0.6) is 5.75 Å². The summed E-state index contributed by atoms with van der Waals surface area (Å²) in [5, 5.41) is 7.00. The zero-order chi connectivity index (χ0) is 20.9. The van der Waals surface area contributed by atoms with Crippen molar-refractivity contribution in [3.63, 3.8) is 0 Å². The normalized spacial score (nSPS) is 18.0. The number of carbonyl (C=O) groups excluding carboxylic acids is 1. The second-order valence-corrected chi connectivity index (χ2v) is 7.76. The Hall–Kier alpha value is -3.27. The fourth-order valence-electron chi connectivity index (χ4n) is 3.28. The van der Waals surface area contributed by atoms with Gasteiger partial charge in [0.05, 0.1) is 22.8 Å². The lowest BCUT2D eigenvalue weighted by atomic mass is 10.0. The van der Waals surface area contributed by atoms with Crippen LogP contribution < -0.4 is 10.1 Å². The first-order chi connectivity index (χ1) is 14.4. The molecule has 0 radical (unpaired) electrons. The summed E-state index contributed by atoms with van der Waals surface area (Å²) in [5.74, 6) is 0.257. The molecule has 0 fully saturated rings. The molecule has 1 atom stereocenters. The van der Waals surface area contributed by atoms with Gasteiger partial charge in [0.1, 0.15) is 5.75 Å². The summed E-state index contributed by atoms with van der Waals surface area (Å²) in [6.07, 6.45) is -3.68. The van der Waals surface area contributed by atoms with Crippen molar-refractivity contribution in [1.82, 2.24) is 9.66 Å². The molecule has 0 spiro atoms. The third-order valence-electron chi connectivity index (χ3n) is 4.64. The number of aromatic nitrogens is 2. The van der Waals surface area contributed by atoms with Crippen molar-refractivity contribution in [3.05, 3.63) is 71.5 Å². The lowest BCUT2D eigenvalue weighted by Crippen LogP contribution is -2.26. The SMILES string of the molecule is O=C1COc2ccc(C3=Nn4cc(C(F)(F)F)nc4SC3c3ccccc3)cc2N1. The fourth-order valence-corrected chi connectivity index (χ4v) is 4.43. The van der Waals surface area contributed by atoms with Crippen molar-refractivity contribution in [3.8, 4) is 5.75 Å². The monoisotopic (exact) mass is 430 g/mol. The first-order valence-corrected chi connectivity index (χ1v) is 9.80. The van der Waals surface area contributed by atoms with E-state index in [0.717, 1.165) is 16.4 Å². The number of nitrogens with one attached hydrogen (secondary N) is 1. The van der Waals surface area contributed by atoms with E-state index in [1.54, 1.807) is 18.2 Å².